The molecule has 3 aromatic rings. The van der Waals surface area contributed by atoms with Crippen molar-refractivity contribution in [3.63, 3.8) is 0 Å². The Hall–Kier alpha value is -4.49. The smallest absolute Gasteiger partial charge is 0.258 e. The minimum absolute atomic E-state index is 0.0441. The van der Waals surface area contributed by atoms with E-state index in [9.17, 15) is 37.5 Å². The number of para-hydroxylation sites is 1. The van der Waals surface area contributed by atoms with Crippen LogP contribution in [0.1, 0.15) is 36.8 Å². The van der Waals surface area contributed by atoms with Crippen LogP contribution in [0.3, 0.4) is 0 Å². The number of hydrogen-bond donors (Lipinski definition) is 1. The van der Waals surface area contributed by atoms with Crippen LogP contribution in [-0.4, -0.2) is 45.6 Å². The molecule has 260 valence electrons. The molecule has 0 aromatic heterocycles. The number of carbonyl (C=O) groups excluding carboxylic acids is 4. The van der Waals surface area contributed by atoms with E-state index in [0.29, 0.717) is 12.1 Å². The zero-order valence-corrected chi connectivity index (χ0v) is 27.6. The molecule has 2 heterocycles. The number of imide groups is 2. The molecule has 0 spiro atoms. The number of fused-ring (bicyclic) bond motifs is 4. The van der Waals surface area contributed by atoms with Crippen molar-refractivity contribution in [2.75, 3.05) is 16.9 Å². The lowest BCUT2D eigenvalue weighted by Crippen LogP contribution is -2.60. The van der Waals surface area contributed by atoms with Gasteiger partial charge in [0.2, 0.25) is 17.6 Å². The van der Waals surface area contributed by atoms with E-state index in [4.69, 9.17) is 27.9 Å². The molecule has 4 aliphatic rings. The number of phenols is 1. The number of allylic oxidation sites excluding steroid dienone is 2. The lowest BCUT2D eigenvalue weighted by atomic mass is 9.56. The van der Waals surface area contributed by atoms with Crippen molar-refractivity contribution in [2.24, 2.45) is 17.8 Å². The second-order valence-corrected chi connectivity index (χ2v) is 13.9. The van der Waals surface area contributed by atoms with Crippen molar-refractivity contribution in [2.45, 2.75) is 41.9 Å². The SMILES string of the molecule is CCc1ccc(N2C(=O)[C@H]3[C@H](CC=C4[C@H]3C[C@@]3(Cl)C(=O)N(c5c(F)c(F)c(F)c(F)c5F)C(=O)[C@@]3(Cl)[C@H]4c3cccc(OC)c3O)C2=O)cc1. The fraction of sp³-hybridized carbons (Fsp3) is 0.314. The Balaban J connectivity index is 1.43. The van der Waals surface area contributed by atoms with Gasteiger partial charge < -0.3 is 9.84 Å². The summed E-state index contributed by atoms with van der Waals surface area (Å²) in [5, 5.41) is 11.3. The van der Waals surface area contributed by atoms with Crippen molar-refractivity contribution in [3.05, 3.63) is 94.3 Å². The number of carbonyl (C=O) groups is 4. The molecule has 1 N–H and O–H groups in total. The van der Waals surface area contributed by atoms with Gasteiger partial charge in [0.1, 0.15) is 5.69 Å². The number of ether oxygens (including phenoxy) is 1. The third-order valence-corrected chi connectivity index (χ3v) is 11.8. The third kappa shape index (κ3) is 4.22. The number of benzene rings is 3. The Morgan fingerprint density at radius 1 is 0.840 bits per heavy atom. The molecule has 50 heavy (non-hydrogen) atoms. The maximum absolute atomic E-state index is 15.2. The number of amides is 4. The first-order valence-electron chi connectivity index (χ1n) is 15.5. The highest BCUT2D eigenvalue weighted by Gasteiger charge is 2.77. The number of phenolic OH excluding ortho intramolecular Hbond substituents is 1. The van der Waals surface area contributed by atoms with E-state index >= 15 is 8.78 Å². The van der Waals surface area contributed by atoms with Gasteiger partial charge in [0.05, 0.1) is 24.6 Å². The minimum atomic E-state index is -2.77. The molecular formula is C35H25Cl2F5N2O6. The number of nitrogens with zero attached hydrogens (tertiary/aromatic N) is 2. The van der Waals surface area contributed by atoms with Crippen molar-refractivity contribution < 1.29 is 51.0 Å². The first kappa shape index (κ1) is 34.0. The Morgan fingerprint density at radius 2 is 1.46 bits per heavy atom. The van der Waals surface area contributed by atoms with Crippen LogP contribution in [0.25, 0.3) is 0 Å². The van der Waals surface area contributed by atoms with Gasteiger partial charge in [0, 0.05) is 11.5 Å². The maximum Gasteiger partial charge on any atom is 0.258 e. The van der Waals surface area contributed by atoms with Crippen molar-refractivity contribution in [1.82, 2.24) is 0 Å². The van der Waals surface area contributed by atoms with E-state index in [1.165, 1.54) is 25.3 Å². The molecule has 3 aromatic carbocycles. The van der Waals surface area contributed by atoms with Crippen LogP contribution < -0.4 is 14.5 Å². The van der Waals surface area contributed by atoms with Gasteiger partial charge in [-0.25, -0.2) is 26.9 Å². The number of anilines is 2. The quantitative estimate of drug-likeness (QED) is 0.0810. The Kier molecular flexibility index (Phi) is 7.83. The first-order valence-corrected chi connectivity index (χ1v) is 16.2. The summed E-state index contributed by atoms with van der Waals surface area (Å²) >= 11 is 14.2. The molecule has 6 atom stereocenters. The van der Waals surface area contributed by atoms with Crippen molar-refractivity contribution in [1.29, 1.82) is 0 Å². The van der Waals surface area contributed by atoms with Gasteiger partial charge in [0.15, 0.2) is 44.5 Å². The average Bonchev–Trinajstić information content (AvgIpc) is 3.45. The van der Waals surface area contributed by atoms with Crippen molar-refractivity contribution in [3.8, 4) is 11.5 Å². The second-order valence-electron chi connectivity index (χ2n) is 12.6. The molecule has 4 amide bonds. The fourth-order valence-electron chi connectivity index (χ4n) is 7.98. The third-order valence-electron chi connectivity index (χ3n) is 10.4. The van der Waals surface area contributed by atoms with E-state index in [0.717, 1.165) is 10.5 Å². The second kappa shape index (κ2) is 11.5. The zero-order chi connectivity index (χ0) is 36.2. The standard InChI is InChI=1S/C35H25Cl2F5N2O6/c1-3-14-7-9-15(10-8-14)43-30(46)17-12-11-16-19(21(17)31(43)47)13-34(36)32(48)44(28-26(41)24(39)23(38)25(40)27(28)42)33(49)35(34,37)22(16)18-5-4-6-20(50-2)29(18)45/h4-11,17,19,21-22,45H,3,12-13H2,1-2H3/t17-,19+,21-,22+,34+,35-/m0/s1. The zero-order valence-electron chi connectivity index (χ0n) is 26.1. The summed E-state index contributed by atoms with van der Waals surface area (Å²) in [6.07, 6.45) is 1.54. The van der Waals surface area contributed by atoms with E-state index in [1.807, 2.05) is 6.92 Å². The van der Waals surface area contributed by atoms with E-state index in [-0.39, 0.29) is 28.2 Å². The molecular weight excluding hydrogens is 710 g/mol. The minimum Gasteiger partial charge on any atom is -0.504 e. The summed E-state index contributed by atoms with van der Waals surface area (Å²) in [6.45, 7) is 1.93. The number of aromatic hydroxyl groups is 1. The summed E-state index contributed by atoms with van der Waals surface area (Å²) < 4.78 is 78.6. The average molecular weight is 735 g/mol. The van der Waals surface area contributed by atoms with E-state index in [1.54, 1.807) is 30.3 Å². The summed E-state index contributed by atoms with van der Waals surface area (Å²) in [6, 6.07) is 10.9. The van der Waals surface area contributed by atoms with Crippen LogP contribution >= 0.6 is 23.2 Å². The molecule has 2 aliphatic heterocycles. The number of rotatable bonds is 5. The molecule has 1 saturated carbocycles. The predicted octanol–water partition coefficient (Wildman–Crippen LogP) is 6.43. The lowest BCUT2D eigenvalue weighted by Gasteiger charge is -2.50. The highest BCUT2D eigenvalue weighted by atomic mass is 35.5. The van der Waals surface area contributed by atoms with Crippen LogP contribution in [0, 0.1) is 46.8 Å². The molecule has 2 saturated heterocycles. The summed E-state index contributed by atoms with van der Waals surface area (Å²) in [5.74, 6) is -22.4. The molecule has 7 rings (SSSR count). The van der Waals surface area contributed by atoms with Crippen LogP contribution in [0.4, 0.5) is 33.3 Å². The van der Waals surface area contributed by atoms with Gasteiger partial charge >= 0.3 is 0 Å². The van der Waals surface area contributed by atoms with Gasteiger partial charge in [-0.15, -0.1) is 23.2 Å². The Labute approximate surface area is 291 Å². The molecule has 2 aliphatic carbocycles. The van der Waals surface area contributed by atoms with Crippen molar-refractivity contribution >= 4 is 58.2 Å². The molecule has 15 heteroatoms. The van der Waals surface area contributed by atoms with E-state index < -0.39 is 104 Å². The monoisotopic (exact) mass is 734 g/mol. The number of aryl methyl sites for hydroxylation is 1. The fourth-order valence-corrected chi connectivity index (χ4v) is 8.91. The largest absolute Gasteiger partial charge is 0.504 e. The predicted molar refractivity (Wildman–Crippen MR) is 169 cm³/mol. The Bertz CT molecular complexity index is 2050. The molecule has 0 radical (unpaired) electrons. The Morgan fingerprint density at radius 3 is 2.06 bits per heavy atom. The molecule has 3 fully saturated rings. The molecule has 0 bridgehead atoms. The van der Waals surface area contributed by atoms with Crippen LogP contribution in [0.5, 0.6) is 11.5 Å². The highest BCUT2D eigenvalue weighted by Crippen LogP contribution is 2.67. The summed E-state index contributed by atoms with van der Waals surface area (Å²) in [4.78, 5) is 52.0. The van der Waals surface area contributed by atoms with E-state index in [2.05, 4.69) is 0 Å². The normalized spacial score (nSPS) is 28.9. The number of methoxy groups -OCH3 is 1. The summed E-state index contributed by atoms with van der Waals surface area (Å²) in [7, 11) is 1.23. The van der Waals surface area contributed by atoms with Gasteiger partial charge in [-0.05, 0) is 48.9 Å². The van der Waals surface area contributed by atoms with Gasteiger partial charge in [-0.2, -0.15) is 0 Å². The number of alkyl halides is 2. The maximum atomic E-state index is 15.2. The van der Waals surface area contributed by atoms with Crippen LogP contribution in [0.2, 0.25) is 0 Å². The van der Waals surface area contributed by atoms with Crippen LogP contribution in [0.15, 0.2) is 54.1 Å². The first-order chi connectivity index (χ1) is 23.6. The van der Waals surface area contributed by atoms with Gasteiger partial charge in [-0.3, -0.25) is 24.1 Å². The van der Waals surface area contributed by atoms with Crippen LogP contribution in [-0.2, 0) is 25.6 Å². The highest BCUT2D eigenvalue weighted by molar-refractivity contribution is 6.58. The summed E-state index contributed by atoms with van der Waals surface area (Å²) in [5.41, 5.74) is -0.590. The van der Waals surface area contributed by atoms with Gasteiger partial charge in [-0.1, -0.05) is 42.8 Å². The molecule has 0 unspecified atom stereocenters. The number of hydrogen-bond acceptors (Lipinski definition) is 6. The topological polar surface area (TPSA) is 104 Å². The number of halogens is 7. The lowest BCUT2D eigenvalue weighted by molar-refractivity contribution is -0.125. The molecule has 8 nitrogen and oxygen atoms in total. The van der Waals surface area contributed by atoms with Gasteiger partial charge in [0.25, 0.3) is 11.8 Å².